The Kier molecular flexibility index (Phi) is 13.5. The zero-order valence-electron chi connectivity index (χ0n) is 29.6. The van der Waals surface area contributed by atoms with E-state index in [9.17, 15) is 14.7 Å². The number of carbonyl (C=O) groups excluding carboxylic acids is 1. The van der Waals surface area contributed by atoms with E-state index < -0.39 is 0 Å². The minimum absolute atomic E-state index is 0.000854. The Hall–Kier alpha value is -5.81. The minimum atomic E-state index is -0.311. The molecule has 5 aromatic rings. The second-order valence-corrected chi connectivity index (χ2v) is 12.4. The minimum Gasteiger partial charge on any atom is -0.508 e. The largest absolute Gasteiger partial charge is 0.508 e. The number of hydrogen-bond donors (Lipinski definition) is 4. The standard InChI is InChI=1S/C39H41ClN8O5/c1-52-20-18-47(19-21-53-2)33(50)17-5-3-4-10-26-12-9-16-31-34(26)39(51)48(24-28-11-6-7-15-30(28)40)32(46-31)23-43-38-35(37(42)44-25-45-38)36(41)27-13-8-14-29(49)22-27/h6-9,11-16,22,25,41,49H,3,5,17-21,23-24H2,1-2H3,(H3,42,43,44,45). The van der Waals surface area contributed by atoms with Crippen molar-refractivity contribution in [2.75, 3.05) is 51.6 Å². The van der Waals surface area contributed by atoms with Crippen LogP contribution in [0.25, 0.3) is 10.9 Å². The molecule has 0 aliphatic rings. The number of halogens is 1. The van der Waals surface area contributed by atoms with Crippen LogP contribution in [-0.2, 0) is 27.4 Å². The van der Waals surface area contributed by atoms with E-state index in [0.717, 1.165) is 5.56 Å². The van der Waals surface area contributed by atoms with Crippen molar-refractivity contribution in [1.29, 1.82) is 5.41 Å². The molecule has 0 atom stereocenters. The summed E-state index contributed by atoms with van der Waals surface area (Å²) in [6.07, 6.45) is 2.61. The molecule has 14 heteroatoms. The van der Waals surface area contributed by atoms with Gasteiger partial charge in [-0.2, -0.15) is 0 Å². The van der Waals surface area contributed by atoms with Gasteiger partial charge >= 0.3 is 0 Å². The number of fused-ring (bicyclic) bond motifs is 1. The molecule has 0 fully saturated rings. The Morgan fingerprint density at radius 2 is 1.81 bits per heavy atom. The van der Waals surface area contributed by atoms with Gasteiger partial charge in [0.1, 0.15) is 29.5 Å². The van der Waals surface area contributed by atoms with Gasteiger partial charge in [-0.3, -0.25) is 19.6 Å². The van der Waals surface area contributed by atoms with E-state index in [1.807, 2.05) is 18.2 Å². The first kappa shape index (κ1) is 38.4. The van der Waals surface area contributed by atoms with Gasteiger partial charge in [0.25, 0.3) is 5.56 Å². The number of phenols is 1. The summed E-state index contributed by atoms with van der Waals surface area (Å²) in [5.41, 5.74) is 8.26. The van der Waals surface area contributed by atoms with Crippen molar-refractivity contribution in [2.45, 2.75) is 32.4 Å². The number of benzene rings is 3. The summed E-state index contributed by atoms with van der Waals surface area (Å²) in [6.45, 7) is 2.02. The lowest BCUT2D eigenvalue weighted by Crippen LogP contribution is -2.36. The van der Waals surface area contributed by atoms with Crippen LogP contribution in [0.3, 0.4) is 0 Å². The van der Waals surface area contributed by atoms with Crippen molar-refractivity contribution in [2.24, 2.45) is 0 Å². The average Bonchev–Trinajstić information content (AvgIpc) is 3.15. The third-order valence-corrected chi connectivity index (χ3v) is 8.79. The third kappa shape index (κ3) is 9.75. The van der Waals surface area contributed by atoms with Crippen molar-refractivity contribution in [1.82, 2.24) is 24.4 Å². The number of aromatic nitrogens is 4. The van der Waals surface area contributed by atoms with E-state index in [4.69, 9.17) is 37.2 Å². The number of phenolic OH excluding ortho intramolecular Hbond substituents is 1. The van der Waals surface area contributed by atoms with Gasteiger partial charge < -0.3 is 30.5 Å². The highest BCUT2D eigenvalue weighted by Crippen LogP contribution is 2.25. The van der Waals surface area contributed by atoms with Gasteiger partial charge in [0.05, 0.1) is 48.5 Å². The van der Waals surface area contributed by atoms with Crippen LogP contribution in [0.4, 0.5) is 11.6 Å². The summed E-state index contributed by atoms with van der Waals surface area (Å²) in [4.78, 5) is 42.2. The molecule has 13 nitrogen and oxygen atoms in total. The number of nitrogens with zero attached hydrogens (tertiary/aromatic N) is 5. The van der Waals surface area contributed by atoms with E-state index in [-0.39, 0.29) is 53.2 Å². The quantitative estimate of drug-likeness (QED) is 0.0621. The van der Waals surface area contributed by atoms with E-state index in [1.165, 1.54) is 18.5 Å². The normalized spacial score (nSPS) is 10.8. The maximum Gasteiger partial charge on any atom is 0.263 e. The van der Waals surface area contributed by atoms with Gasteiger partial charge in [-0.1, -0.05) is 59.8 Å². The van der Waals surface area contributed by atoms with Crippen molar-refractivity contribution >= 4 is 45.8 Å². The highest BCUT2D eigenvalue weighted by molar-refractivity contribution is 6.31. The van der Waals surface area contributed by atoms with Crippen LogP contribution in [0, 0.1) is 17.3 Å². The van der Waals surface area contributed by atoms with Gasteiger partial charge in [0.15, 0.2) is 0 Å². The SMILES string of the molecule is COCCN(CCOC)C(=O)CCCC#Cc1cccc2nc(CNc3ncnc(N)c3C(=N)c3cccc(O)c3)n(Cc3ccccc3Cl)c(=O)c12. The van der Waals surface area contributed by atoms with Crippen molar-refractivity contribution in [3.05, 3.63) is 117 Å². The Balaban J connectivity index is 1.44. The Bertz CT molecular complexity index is 2210. The molecule has 0 bridgehead atoms. The van der Waals surface area contributed by atoms with Crippen LogP contribution >= 0.6 is 11.6 Å². The van der Waals surface area contributed by atoms with E-state index in [0.29, 0.717) is 78.4 Å². The lowest BCUT2D eigenvalue weighted by atomic mass is 10.0. The Morgan fingerprint density at radius 3 is 2.55 bits per heavy atom. The van der Waals surface area contributed by atoms with Crippen LogP contribution in [0.5, 0.6) is 5.75 Å². The topological polar surface area (TPSA) is 182 Å². The third-order valence-electron chi connectivity index (χ3n) is 8.42. The second kappa shape index (κ2) is 18.6. The maximum atomic E-state index is 14.4. The number of nitrogens with one attached hydrogen (secondary N) is 2. The molecule has 0 unspecified atom stereocenters. The highest BCUT2D eigenvalue weighted by atomic mass is 35.5. The summed E-state index contributed by atoms with van der Waals surface area (Å²) in [7, 11) is 3.20. The predicted octanol–water partition coefficient (Wildman–Crippen LogP) is 4.85. The van der Waals surface area contributed by atoms with E-state index >= 15 is 0 Å². The molecule has 2 aromatic heterocycles. The summed E-state index contributed by atoms with van der Waals surface area (Å²) < 4.78 is 11.8. The fourth-order valence-electron chi connectivity index (χ4n) is 5.67. The molecule has 5 N–H and O–H groups in total. The number of nitrogens with two attached hydrogens (primary N) is 1. The Labute approximate surface area is 312 Å². The van der Waals surface area contributed by atoms with E-state index in [1.54, 1.807) is 60.1 Å². The molecule has 0 saturated heterocycles. The van der Waals surface area contributed by atoms with Crippen LogP contribution in [0.2, 0.25) is 5.02 Å². The first-order chi connectivity index (χ1) is 25.7. The van der Waals surface area contributed by atoms with Crippen molar-refractivity contribution in [3.63, 3.8) is 0 Å². The number of methoxy groups -OCH3 is 2. The first-order valence-corrected chi connectivity index (χ1v) is 17.3. The number of rotatable bonds is 16. The first-order valence-electron chi connectivity index (χ1n) is 16.9. The molecular formula is C39H41ClN8O5. The molecule has 2 heterocycles. The fourth-order valence-corrected chi connectivity index (χ4v) is 5.86. The fraction of sp³-hybridized carbons (Fsp3) is 0.282. The van der Waals surface area contributed by atoms with Gasteiger partial charge in [-0.25, -0.2) is 15.0 Å². The van der Waals surface area contributed by atoms with Crippen LogP contribution in [0.1, 0.15) is 47.3 Å². The predicted molar refractivity (Wildman–Crippen MR) is 205 cm³/mol. The zero-order chi connectivity index (χ0) is 37.7. The lowest BCUT2D eigenvalue weighted by Gasteiger charge is -2.21. The molecule has 0 aliphatic heterocycles. The number of nitrogen functional groups attached to an aromatic ring is 1. The average molecular weight is 737 g/mol. The lowest BCUT2D eigenvalue weighted by molar-refractivity contribution is -0.132. The van der Waals surface area contributed by atoms with Gasteiger partial charge in [-0.15, -0.1) is 0 Å². The number of aromatic hydroxyl groups is 1. The van der Waals surface area contributed by atoms with Crippen molar-refractivity contribution < 1.29 is 19.4 Å². The van der Waals surface area contributed by atoms with E-state index in [2.05, 4.69) is 27.1 Å². The molecule has 0 aliphatic carbocycles. The summed E-state index contributed by atoms with van der Waals surface area (Å²) in [6, 6.07) is 18.8. The van der Waals surface area contributed by atoms with Crippen molar-refractivity contribution in [3.8, 4) is 17.6 Å². The molecule has 5 rings (SSSR count). The summed E-state index contributed by atoms with van der Waals surface area (Å²) in [5.74, 6) is 6.99. The highest BCUT2D eigenvalue weighted by Gasteiger charge is 2.19. The molecule has 0 saturated carbocycles. The molecule has 0 spiro atoms. The van der Waals surface area contributed by atoms with Gasteiger partial charge in [0, 0.05) is 56.3 Å². The van der Waals surface area contributed by atoms with Gasteiger partial charge in [-0.05, 0) is 42.3 Å². The molecular weight excluding hydrogens is 696 g/mol. The molecule has 0 radical (unpaired) electrons. The molecule has 53 heavy (non-hydrogen) atoms. The smallest absolute Gasteiger partial charge is 0.263 e. The number of unbranched alkanes of at least 4 members (excludes halogenated alkanes) is 1. The maximum absolute atomic E-state index is 14.4. The summed E-state index contributed by atoms with van der Waals surface area (Å²) in [5, 5.41) is 22.9. The van der Waals surface area contributed by atoms with Crippen LogP contribution in [0.15, 0.2) is 77.9 Å². The monoisotopic (exact) mass is 736 g/mol. The number of anilines is 2. The number of hydrogen-bond acceptors (Lipinski definition) is 11. The molecule has 1 amide bonds. The van der Waals surface area contributed by atoms with Crippen LogP contribution < -0.4 is 16.6 Å². The molecule has 3 aromatic carbocycles. The number of carbonyl (C=O) groups is 1. The molecule has 274 valence electrons. The van der Waals surface area contributed by atoms with Gasteiger partial charge in [0.2, 0.25) is 5.91 Å². The zero-order valence-corrected chi connectivity index (χ0v) is 30.3. The summed E-state index contributed by atoms with van der Waals surface area (Å²) >= 11 is 6.55. The number of ether oxygens (including phenoxy) is 2. The van der Waals surface area contributed by atoms with Crippen LogP contribution in [-0.4, -0.2) is 81.7 Å². The number of amides is 1. The Morgan fingerprint density at radius 1 is 1.06 bits per heavy atom. The second-order valence-electron chi connectivity index (χ2n) is 12.0.